The summed E-state index contributed by atoms with van der Waals surface area (Å²) in [7, 11) is 0. The molecule has 2 rings (SSSR count). The van der Waals surface area contributed by atoms with E-state index in [1.54, 1.807) is 11.8 Å². The third-order valence-electron chi connectivity index (χ3n) is 4.09. The van der Waals surface area contributed by atoms with E-state index in [1.807, 2.05) is 13.8 Å². The van der Waals surface area contributed by atoms with Crippen LogP contribution in [-0.4, -0.2) is 70.5 Å². The van der Waals surface area contributed by atoms with Gasteiger partial charge in [0, 0.05) is 26.2 Å². The highest BCUT2D eigenvalue weighted by Crippen LogP contribution is 2.07. The Morgan fingerprint density at radius 3 is 2.50 bits per heavy atom. The number of carbonyl (C=O) groups is 2. The Hall–Kier alpha value is -2.00. The zero-order valence-electron chi connectivity index (χ0n) is 14.5. The first-order valence-corrected chi connectivity index (χ1v) is 8.19. The lowest BCUT2D eigenvalue weighted by Crippen LogP contribution is -2.52. The second-order valence-corrected chi connectivity index (χ2v) is 6.38. The van der Waals surface area contributed by atoms with Crippen molar-refractivity contribution in [2.24, 2.45) is 11.7 Å². The fourth-order valence-corrected chi connectivity index (χ4v) is 2.45. The molecule has 1 fully saturated rings. The van der Waals surface area contributed by atoms with Crippen LogP contribution in [0.5, 0.6) is 0 Å². The minimum absolute atomic E-state index is 0.0118. The molecule has 9 heteroatoms. The quantitative estimate of drug-likeness (QED) is 0.691. The van der Waals surface area contributed by atoms with Gasteiger partial charge >= 0.3 is 0 Å². The van der Waals surface area contributed by atoms with Crippen molar-refractivity contribution in [3.05, 3.63) is 11.7 Å². The largest absolute Gasteiger partial charge is 0.346 e. The first-order valence-electron chi connectivity index (χ1n) is 8.19. The number of carbonyl (C=O) groups excluding carboxylic acids is 2. The molecule has 0 saturated carbocycles. The van der Waals surface area contributed by atoms with E-state index < -0.39 is 6.04 Å². The lowest BCUT2D eigenvalue weighted by atomic mass is 10.1. The summed E-state index contributed by atoms with van der Waals surface area (Å²) in [5.41, 5.74) is 5.75. The van der Waals surface area contributed by atoms with Crippen molar-refractivity contribution in [3.8, 4) is 0 Å². The maximum atomic E-state index is 12.2. The Kier molecular flexibility index (Phi) is 6.27. The SMILES string of the molecule is Cc1noc(CN2CCN(C(=O)CNC(=O)[C@@H](N)C(C)C)CC2)n1. The van der Waals surface area contributed by atoms with Crippen LogP contribution in [0.25, 0.3) is 0 Å². The fourth-order valence-electron chi connectivity index (χ4n) is 2.45. The maximum absolute atomic E-state index is 12.2. The van der Waals surface area contributed by atoms with Gasteiger partial charge in [0.15, 0.2) is 5.82 Å². The van der Waals surface area contributed by atoms with E-state index in [1.165, 1.54) is 0 Å². The molecule has 9 nitrogen and oxygen atoms in total. The first-order chi connectivity index (χ1) is 11.4. The summed E-state index contributed by atoms with van der Waals surface area (Å²) >= 11 is 0. The number of nitrogens with zero attached hydrogens (tertiary/aromatic N) is 4. The van der Waals surface area contributed by atoms with Crippen LogP contribution in [0, 0.1) is 12.8 Å². The van der Waals surface area contributed by atoms with Gasteiger partial charge in [-0.05, 0) is 12.8 Å². The molecule has 1 aromatic heterocycles. The second kappa shape index (κ2) is 8.20. The van der Waals surface area contributed by atoms with Gasteiger partial charge in [0.2, 0.25) is 17.7 Å². The molecule has 1 aliphatic rings. The van der Waals surface area contributed by atoms with Gasteiger partial charge in [0.25, 0.3) is 0 Å². The van der Waals surface area contributed by atoms with Gasteiger partial charge in [-0.1, -0.05) is 19.0 Å². The van der Waals surface area contributed by atoms with Crippen LogP contribution in [0.1, 0.15) is 25.6 Å². The summed E-state index contributed by atoms with van der Waals surface area (Å²) in [6, 6.07) is -0.590. The predicted octanol–water partition coefficient (Wildman–Crippen LogP) is -0.878. The van der Waals surface area contributed by atoms with Gasteiger partial charge in [-0.25, -0.2) is 0 Å². The minimum Gasteiger partial charge on any atom is -0.346 e. The summed E-state index contributed by atoms with van der Waals surface area (Å²) in [6.07, 6.45) is 0. The fraction of sp³-hybridized carbons (Fsp3) is 0.733. The number of hydrogen-bond acceptors (Lipinski definition) is 7. The minimum atomic E-state index is -0.590. The van der Waals surface area contributed by atoms with Crippen LogP contribution >= 0.6 is 0 Å². The average Bonchev–Trinajstić information content (AvgIpc) is 2.97. The molecule has 1 saturated heterocycles. The molecule has 0 aliphatic carbocycles. The van der Waals surface area contributed by atoms with Crippen molar-refractivity contribution >= 4 is 11.8 Å². The van der Waals surface area contributed by atoms with Gasteiger partial charge < -0.3 is 20.5 Å². The van der Waals surface area contributed by atoms with Crippen molar-refractivity contribution in [1.29, 1.82) is 0 Å². The van der Waals surface area contributed by atoms with E-state index in [-0.39, 0.29) is 24.3 Å². The highest BCUT2D eigenvalue weighted by Gasteiger charge is 2.23. The summed E-state index contributed by atoms with van der Waals surface area (Å²) in [5.74, 6) is 0.865. The van der Waals surface area contributed by atoms with Gasteiger partial charge in [0.05, 0.1) is 19.1 Å². The lowest BCUT2D eigenvalue weighted by Gasteiger charge is -2.34. The molecule has 1 aliphatic heterocycles. The van der Waals surface area contributed by atoms with Crippen LogP contribution in [0.3, 0.4) is 0 Å². The van der Waals surface area contributed by atoms with E-state index in [4.69, 9.17) is 10.3 Å². The third-order valence-corrected chi connectivity index (χ3v) is 4.09. The maximum Gasteiger partial charge on any atom is 0.242 e. The Labute approximate surface area is 141 Å². The predicted molar refractivity (Wildman–Crippen MR) is 86.7 cm³/mol. The van der Waals surface area contributed by atoms with Crippen molar-refractivity contribution in [2.45, 2.75) is 33.4 Å². The van der Waals surface area contributed by atoms with Crippen molar-refractivity contribution in [3.63, 3.8) is 0 Å². The molecular weight excluding hydrogens is 312 g/mol. The monoisotopic (exact) mass is 338 g/mol. The Balaban J connectivity index is 1.71. The molecule has 2 amide bonds. The van der Waals surface area contributed by atoms with Gasteiger partial charge in [-0.15, -0.1) is 0 Å². The number of aromatic nitrogens is 2. The van der Waals surface area contributed by atoms with Crippen LogP contribution in [0.2, 0.25) is 0 Å². The molecule has 0 unspecified atom stereocenters. The summed E-state index contributed by atoms with van der Waals surface area (Å²) < 4.78 is 5.11. The highest BCUT2D eigenvalue weighted by molar-refractivity contribution is 5.87. The normalized spacial score (nSPS) is 17.1. The van der Waals surface area contributed by atoms with E-state index in [9.17, 15) is 9.59 Å². The number of nitrogens with one attached hydrogen (secondary N) is 1. The number of aryl methyl sites for hydroxylation is 1. The molecule has 24 heavy (non-hydrogen) atoms. The van der Waals surface area contributed by atoms with Crippen LogP contribution in [0.15, 0.2) is 4.52 Å². The molecular formula is C15H26N6O3. The van der Waals surface area contributed by atoms with Crippen LogP contribution < -0.4 is 11.1 Å². The molecule has 1 aromatic rings. The standard InChI is InChI=1S/C15H26N6O3/c1-10(2)14(16)15(23)17-8-13(22)21-6-4-20(5-7-21)9-12-18-11(3)19-24-12/h10,14H,4-9,16H2,1-3H3,(H,17,23)/t14-/m0/s1. The number of hydrogen-bond donors (Lipinski definition) is 2. The summed E-state index contributed by atoms with van der Waals surface area (Å²) in [4.78, 5) is 32.0. The van der Waals surface area contributed by atoms with Crippen molar-refractivity contribution in [2.75, 3.05) is 32.7 Å². The summed E-state index contributed by atoms with van der Waals surface area (Å²) in [5, 5.41) is 6.38. The molecule has 3 N–H and O–H groups in total. The summed E-state index contributed by atoms with van der Waals surface area (Å²) in [6.45, 7) is 8.77. The van der Waals surface area contributed by atoms with E-state index in [0.29, 0.717) is 31.3 Å². The van der Waals surface area contributed by atoms with Crippen LogP contribution in [0.4, 0.5) is 0 Å². The van der Waals surface area contributed by atoms with Crippen molar-refractivity contribution < 1.29 is 14.1 Å². The second-order valence-electron chi connectivity index (χ2n) is 6.38. The van der Waals surface area contributed by atoms with Gasteiger partial charge in [0.1, 0.15) is 0 Å². The molecule has 2 heterocycles. The molecule has 0 radical (unpaired) electrons. The van der Waals surface area contributed by atoms with Crippen molar-refractivity contribution in [1.82, 2.24) is 25.3 Å². The van der Waals surface area contributed by atoms with Gasteiger partial charge in [-0.2, -0.15) is 4.98 Å². The zero-order chi connectivity index (χ0) is 17.7. The topological polar surface area (TPSA) is 118 Å². The number of piperazine rings is 1. The molecule has 0 bridgehead atoms. The molecule has 0 aromatic carbocycles. The number of amides is 2. The Bertz CT molecular complexity index is 565. The van der Waals surface area contributed by atoms with Gasteiger partial charge in [-0.3, -0.25) is 14.5 Å². The lowest BCUT2D eigenvalue weighted by molar-refractivity contribution is -0.134. The Morgan fingerprint density at radius 1 is 1.29 bits per heavy atom. The highest BCUT2D eigenvalue weighted by atomic mass is 16.5. The van der Waals surface area contributed by atoms with E-state index in [2.05, 4.69) is 20.4 Å². The smallest absolute Gasteiger partial charge is 0.242 e. The Morgan fingerprint density at radius 2 is 1.96 bits per heavy atom. The number of rotatable bonds is 6. The molecule has 1 atom stereocenters. The molecule has 0 spiro atoms. The molecule has 134 valence electrons. The van der Waals surface area contributed by atoms with Crippen LogP contribution in [-0.2, 0) is 16.1 Å². The first kappa shape index (κ1) is 18.3. The van der Waals surface area contributed by atoms with E-state index in [0.717, 1.165) is 13.1 Å². The average molecular weight is 338 g/mol. The number of nitrogens with two attached hydrogens (primary N) is 1. The zero-order valence-corrected chi connectivity index (χ0v) is 14.5. The third kappa shape index (κ3) is 5.00. The van der Waals surface area contributed by atoms with E-state index >= 15 is 0 Å².